The SMILES string of the molecule is CCN(C(=O)CN1C(=O)NC2(CCCC2)C1=O)C1=CCCCC1. The number of amides is 4. The van der Waals surface area contributed by atoms with Crippen molar-refractivity contribution in [2.75, 3.05) is 13.1 Å². The predicted molar refractivity (Wildman–Crippen MR) is 85.4 cm³/mol. The number of carbonyl (C=O) groups is 3. The molecule has 1 heterocycles. The van der Waals surface area contributed by atoms with E-state index < -0.39 is 11.6 Å². The van der Waals surface area contributed by atoms with Gasteiger partial charge in [0.15, 0.2) is 0 Å². The Balaban J connectivity index is 1.70. The molecule has 6 nitrogen and oxygen atoms in total. The summed E-state index contributed by atoms with van der Waals surface area (Å²) in [6.07, 6.45) is 9.50. The van der Waals surface area contributed by atoms with Crippen molar-refractivity contribution >= 4 is 17.8 Å². The van der Waals surface area contributed by atoms with Crippen molar-refractivity contribution in [2.24, 2.45) is 0 Å². The maximum atomic E-state index is 12.6. The third-order valence-electron chi connectivity index (χ3n) is 5.23. The highest BCUT2D eigenvalue weighted by Crippen LogP contribution is 2.35. The Morgan fingerprint density at radius 3 is 2.61 bits per heavy atom. The van der Waals surface area contributed by atoms with E-state index in [9.17, 15) is 14.4 Å². The quantitative estimate of drug-likeness (QED) is 0.807. The van der Waals surface area contributed by atoms with Gasteiger partial charge >= 0.3 is 6.03 Å². The van der Waals surface area contributed by atoms with E-state index in [1.165, 1.54) is 0 Å². The van der Waals surface area contributed by atoms with Gasteiger partial charge in [-0.3, -0.25) is 14.5 Å². The van der Waals surface area contributed by atoms with Gasteiger partial charge in [-0.1, -0.05) is 18.9 Å². The highest BCUT2D eigenvalue weighted by Gasteiger charge is 2.52. The lowest BCUT2D eigenvalue weighted by atomic mass is 9.98. The minimum Gasteiger partial charge on any atom is -0.323 e. The fourth-order valence-corrected chi connectivity index (χ4v) is 3.96. The van der Waals surface area contributed by atoms with Gasteiger partial charge < -0.3 is 10.2 Å². The minimum atomic E-state index is -0.738. The number of allylic oxidation sites excluding steroid dienone is 2. The summed E-state index contributed by atoms with van der Waals surface area (Å²) in [5, 5.41) is 2.82. The molecule has 23 heavy (non-hydrogen) atoms. The molecular weight excluding hydrogens is 294 g/mol. The van der Waals surface area contributed by atoms with Gasteiger partial charge in [0.05, 0.1) is 0 Å². The smallest absolute Gasteiger partial charge is 0.323 e. The predicted octanol–water partition coefficient (Wildman–Crippen LogP) is 2.16. The first-order valence-electron chi connectivity index (χ1n) is 8.71. The van der Waals surface area contributed by atoms with Gasteiger partial charge in [-0.2, -0.15) is 0 Å². The van der Waals surface area contributed by atoms with Crippen molar-refractivity contribution in [2.45, 2.75) is 63.8 Å². The summed E-state index contributed by atoms with van der Waals surface area (Å²) in [5.74, 6) is -0.388. The van der Waals surface area contributed by atoms with Crippen LogP contribution in [0.3, 0.4) is 0 Å². The lowest BCUT2D eigenvalue weighted by Gasteiger charge is -2.28. The van der Waals surface area contributed by atoms with Crippen LogP contribution in [0, 0.1) is 0 Å². The molecule has 2 fully saturated rings. The monoisotopic (exact) mass is 319 g/mol. The van der Waals surface area contributed by atoms with Crippen molar-refractivity contribution in [1.82, 2.24) is 15.1 Å². The van der Waals surface area contributed by atoms with Gasteiger partial charge in [0.25, 0.3) is 5.91 Å². The van der Waals surface area contributed by atoms with Crippen molar-refractivity contribution in [3.8, 4) is 0 Å². The fraction of sp³-hybridized carbons (Fsp3) is 0.706. The standard InChI is InChI=1S/C17H25N3O3/c1-2-19(13-8-4-3-5-9-13)14(21)12-20-15(22)17(18-16(20)23)10-6-7-11-17/h8H,2-7,9-12H2,1H3,(H,18,23). The van der Waals surface area contributed by atoms with Gasteiger partial charge in [-0.25, -0.2) is 4.79 Å². The summed E-state index contributed by atoms with van der Waals surface area (Å²) < 4.78 is 0. The second-order valence-corrected chi connectivity index (χ2v) is 6.69. The van der Waals surface area contributed by atoms with Crippen LogP contribution in [0.4, 0.5) is 4.79 Å². The van der Waals surface area contributed by atoms with E-state index in [4.69, 9.17) is 0 Å². The summed E-state index contributed by atoms with van der Waals surface area (Å²) >= 11 is 0. The topological polar surface area (TPSA) is 69.7 Å². The molecule has 1 N–H and O–H groups in total. The van der Waals surface area contributed by atoms with E-state index in [1.54, 1.807) is 4.90 Å². The highest BCUT2D eigenvalue weighted by atomic mass is 16.2. The van der Waals surface area contributed by atoms with E-state index in [-0.39, 0.29) is 18.4 Å². The van der Waals surface area contributed by atoms with Crippen LogP contribution < -0.4 is 5.32 Å². The molecule has 0 bridgehead atoms. The van der Waals surface area contributed by atoms with E-state index >= 15 is 0 Å². The van der Waals surface area contributed by atoms with Gasteiger partial charge in [-0.15, -0.1) is 0 Å². The van der Waals surface area contributed by atoms with Crippen LogP contribution in [-0.4, -0.2) is 46.3 Å². The number of nitrogens with zero attached hydrogens (tertiary/aromatic N) is 2. The summed E-state index contributed by atoms with van der Waals surface area (Å²) in [7, 11) is 0. The van der Waals surface area contributed by atoms with Crippen LogP contribution in [-0.2, 0) is 9.59 Å². The van der Waals surface area contributed by atoms with E-state index in [2.05, 4.69) is 11.4 Å². The first-order chi connectivity index (χ1) is 11.1. The minimum absolute atomic E-state index is 0.155. The maximum absolute atomic E-state index is 12.6. The van der Waals surface area contributed by atoms with Crippen LogP contribution in [0.1, 0.15) is 58.3 Å². The molecule has 1 aliphatic heterocycles. The Morgan fingerprint density at radius 2 is 2.00 bits per heavy atom. The molecule has 3 aliphatic rings. The van der Waals surface area contributed by atoms with E-state index in [1.807, 2.05) is 6.92 Å². The average molecular weight is 319 g/mol. The Labute approximate surface area is 136 Å². The first-order valence-corrected chi connectivity index (χ1v) is 8.71. The Hall–Kier alpha value is -1.85. The van der Waals surface area contributed by atoms with Crippen molar-refractivity contribution in [3.63, 3.8) is 0 Å². The van der Waals surface area contributed by atoms with E-state index in [0.29, 0.717) is 19.4 Å². The molecule has 0 aromatic carbocycles. The fourth-order valence-electron chi connectivity index (χ4n) is 3.96. The second-order valence-electron chi connectivity index (χ2n) is 6.69. The molecule has 1 spiro atoms. The molecule has 6 heteroatoms. The third kappa shape index (κ3) is 2.86. The van der Waals surface area contributed by atoms with E-state index in [0.717, 1.165) is 49.1 Å². The number of urea groups is 1. The zero-order valence-corrected chi connectivity index (χ0v) is 13.8. The van der Waals surface area contributed by atoms with Crippen LogP contribution in [0.15, 0.2) is 11.8 Å². The van der Waals surface area contributed by atoms with Gasteiger partial charge in [0.2, 0.25) is 5.91 Å². The normalized spacial score (nSPS) is 23.2. The Morgan fingerprint density at radius 1 is 1.26 bits per heavy atom. The van der Waals surface area contributed by atoms with Crippen molar-refractivity contribution in [3.05, 3.63) is 11.8 Å². The molecule has 0 aromatic heterocycles. The molecule has 1 saturated heterocycles. The van der Waals surface area contributed by atoms with Gasteiger partial charge in [0.1, 0.15) is 12.1 Å². The summed E-state index contributed by atoms with van der Waals surface area (Å²) in [4.78, 5) is 40.3. The first kappa shape index (κ1) is 16.0. The van der Waals surface area contributed by atoms with Gasteiger partial charge in [-0.05, 0) is 45.4 Å². The lowest BCUT2D eigenvalue weighted by molar-refractivity contribution is -0.138. The molecule has 4 amide bonds. The van der Waals surface area contributed by atoms with Crippen molar-refractivity contribution in [1.29, 1.82) is 0 Å². The molecule has 0 radical (unpaired) electrons. The zero-order chi connectivity index (χ0) is 16.4. The van der Waals surface area contributed by atoms with Crippen LogP contribution in [0.5, 0.6) is 0 Å². The molecule has 126 valence electrons. The third-order valence-corrected chi connectivity index (χ3v) is 5.23. The molecule has 1 saturated carbocycles. The number of nitrogens with one attached hydrogen (secondary N) is 1. The summed E-state index contributed by atoms with van der Waals surface area (Å²) in [6.45, 7) is 2.34. The molecule has 2 aliphatic carbocycles. The molecule has 0 unspecified atom stereocenters. The average Bonchev–Trinajstić information content (AvgIpc) is 3.11. The van der Waals surface area contributed by atoms with Gasteiger partial charge in [0, 0.05) is 12.2 Å². The number of carbonyl (C=O) groups excluding carboxylic acids is 3. The van der Waals surface area contributed by atoms with Crippen molar-refractivity contribution < 1.29 is 14.4 Å². The number of hydrogen-bond donors (Lipinski definition) is 1. The van der Waals surface area contributed by atoms with Crippen LogP contribution in [0.25, 0.3) is 0 Å². The number of likely N-dealkylation sites (N-methyl/N-ethyl adjacent to an activating group) is 1. The van der Waals surface area contributed by atoms with Crippen LogP contribution >= 0.6 is 0 Å². The Kier molecular flexibility index (Phi) is 4.41. The number of imide groups is 1. The number of rotatable bonds is 4. The summed E-state index contributed by atoms with van der Waals surface area (Å²) in [5.41, 5.74) is 0.296. The largest absolute Gasteiger partial charge is 0.325 e. The Bertz CT molecular complexity index is 549. The molecule has 0 aromatic rings. The second kappa shape index (κ2) is 6.34. The zero-order valence-electron chi connectivity index (χ0n) is 13.8. The lowest BCUT2D eigenvalue weighted by Crippen LogP contribution is -2.46. The summed E-state index contributed by atoms with van der Waals surface area (Å²) in [6, 6.07) is -0.418. The molecular formula is C17H25N3O3. The van der Waals surface area contributed by atoms with Crippen LogP contribution in [0.2, 0.25) is 0 Å². The molecule has 0 atom stereocenters. The highest BCUT2D eigenvalue weighted by molar-refractivity contribution is 6.09. The maximum Gasteiger partial charge on any atom is 0.325 e. The number of hydrogen-bond acceptors (Lipinski definition) is 3. The molecule has 3 rings (SSSR count).